The van der Waals surface area contributed by atoms with Crippen molar-refractivity contribution < 1.29 is 0 Å². The average Bonchev–Trinajstić information content (AvgIpc) is 3.14. The summed E-state index contributed by atoms with van der Waals surface area (Å²) < 4.78 is 0. The first kappa shape index (κ1) is 16.9. The minimum Gasteiger partial charge on any atom is -0.297 e. The van der Waals surface area contributed by atoms with E-state index < -0.39 is 0 Å². The SMILES string of the molecule is CC(C)(/C=N/N1CCCC1)N=NC(C)(C)/C=N/N1CCCC1. The predicted octanol–water partition coefficient (Wildman–Crippen LogP) is 3.16. The second-order valence-corrected chi connectivity index (χ2v) is 7.32. The van der Waals surface area contributed by atoms with Crippen molar-refractivity contribution in [3.63, 3.8) is 0 Å². The van der Waals surface area contributed by atoms with Crippen LogP contribution in [0.2, 0.25) is 0 Å². The summed E-state index contributed by atoms with van der Waals surface area (Å²) in [5.41, 5.74) is -0.775. The molecule has 2 aliphatic rings. The lowest BCUT2D eigenvalue weighted by Gasteiger charge is -2.19. The molecule has 0 amide bonds. The van der Waals surface area contributed by atoms with E-state index in [0.29, 0.717) is 0 Å². The largest absolute Gasteiger partial charge is 0.297 e. The molecular formula is C16H30N6. The Morgan fingerprint density at radius 2 is 0.955 bits per heavy atom. The van der Waals surface area contributed by atoms with Gasteiger partial charge in [0.05, 0.1) is 12.4 Å². The lowest BCUT2D eigenvalue weighted by Crippen LogP contribution is -2.26. The fourth-order valence-electron chi connectivity index (χ4n) is 2.39. The fraction of sp³-hybridized carbons (Fsp3) is 0.875. The minimum atomic E-state index is -0.388. The second kappa shape index (κ2) is 7.20. The average molecular weight is 306 g/mol. The third kappa shape index (κ3) is 5.73. The first-order valence-electron chi connectivity index (χ1n) is 8.41. The summed E-state index contributed by atoms with van der Waals surface area (Å²) in [4.78, 5) is 0. The van der Waals surface area contributed by atoms with Crippen LogP contribution in [0, 0.1) is 0 Å². The van der Waals surface area contributed by atoms with Gasteiger partial charge in [-0.05, 0) is 53.4 Å². The summed E-state index contributed by atoms with van der Waals surface area (Å²) in [6.07, 6.45) is 8.74. The van der Waals surface area contributed by atoms with E-state index in [1.165, 1.54) is 25.7 Å². The van der Waals surface area contributed by atoms with Crippen LogP contribution in [0.4, 0.5) is 0 Å². The Labute approximate surface area is 134 Å². The van der Waals surface area contributed by atoms with Crippen molar-refractivity contribution in [1.82, 2.24) is 10.0 Å². The minimum absolute atomic E-state index is 0.388. The van der Waals surface area contributed by atoms with Crippen LogP contribution < -0.4 is 0 Å². The molecule has 0 bridgehead atoms. The van der Waals surface area contributed by atoms with Gasteiger partial charge in [-0.3, -0.25) is 10.0 Å². The van der Waals surface area contributed by atoms with Crippen LogP contribution in [0.25, 0.3) is 0 Å². The molecule has 0 unspecified atom stereocenters. The van der Waals surface area contributed by atoms with Crippen molar-refractivity contribution in [2.75, 3.05) is 26.2 Å². The van der Waals surface area contributed by atoms with Crippen LogP contribution in [0.3, 0.4) is 0 Å². The van der Waals surface area contributed by atoms with Crippen molar-refractivity contribution in [3.8, 4) is 0 Å². The molecule has 0 spiro atoms. The van der Waals surface area contributed by atoms with Gasteiger partial charge in [0, 0.05) is 26.2 Å². The lowest BCUT2D eigenvalue weighted by molar-refractivity contribution is 0.357. The quantitative estimate of drug-likeness (QED) is 0.559. The van der Waals surface area contributed by atoms with Crippen LogP contribution in [-0.2, 0) is 0 Å². The molecule has 22 heavy (non-hydrogen) atoms. The molecule has 0 saturated carbocycles. The molecule has 0 N–H and O–H groups in total. The molecule has 0 aromatic rings. The van der Waals surface area contributed by atoms with Gasteiger partial charge in [0.25, 0.3) is 0 Å². The zero-order valence-electron chi connectivity index (χ0n) is 14.5. The van der Waals surface area contributed by atoms with Gasteiger partial charge in [-0.2, -0.15) is 20.4 Å². The van der Waals surface area contributed by atoms with Gasteiger partial charge in [0.1, 0.15) is 11.1 Å². The van der Waals surface area contributed by atoms with Gasteiger partial charge < -0.3 is 0 Å². The summed E-state index contributed by atoms with van der Waals surface area (Å²) in [7, 11) is 0. The molecule has 6 heteroatoms. The molecule has 2 aliphatic heterocycles. The molecule has 2 rings (SSSR count). The highest BCUT2D eigenvalue weighted by atomic mass is 15.5. The van der Waals surface area contributed by atoms with Gasteiger partial charge in [-0.25, -0.2) is 0 Å². The number of hydrogen-bond acceptors (Lipinski definition) is 6. The van der Waals surface area contributed by atoms with E-state index in [0.717, 1.165) is 26.2 Å². The standard InChI is InChI=1S/C16H30N6/c1-15(2,13-17-21-9-5-6-10-21)19-20-16(3,4)14-18-22-11-7-8-12-22/h13-14H,5-12H2,1-4H3/b17-13+,18-14+,20-19?. The molecule has 0 aliphatic carbocycles. The van der Waals surface area contributed by atoms with Gasteiger partial charge >= 0.3 is 0 Å². The van der Waals surface area contributed by atoms with Gasteiger partial charge in [-0.15, -0.1) is 0 Å². The molecule has 0 aromatic heterocycles. The van der Waals surface area contributed by atoms with Gasteiger partial charge in [0.15, 0.2) is 0 Å². The van der Waals surface area contributed by atoms with E-state index in [9.17, 15) is 0 Å². The third-order valence-corrected chi connectivity index (χ3v) is 3.80. The summed E-state index contributed by atoms with van der Waals surface area (Å²) in [6.45, 7) is 12.3. The van der Waals surface area contributed by atoms with Crippen LogP contribution in [0.15, 0.2) is 20.4 Å². The molecule has 124 valence electrons. The number of rotatable bonds is 6. The monoisotopic (exact) mass is 306 g/mol. The van der Waals surface area contributed by atoms with Crippen molar-refractivity contribution >= 4 is 12.4 Å². The Balaban J connectivity index is 1.89. The van der Waals surface area contributed by atoms with Crippen molar-refractivity contribution in [2.45, 2.75) is 64.5 Å². The smallest absolute Gasteiger partial charge is 0.113 e. The first-order valence-corrected chi connectivity index (χ1v) is 8.41. The Hall–Kier alpha value is -1.46. The third-order valence-electron chi connectivity index (χ3n) is 3.80. The number of azo groups is 1. The molecule has 2 saturated heterocycles. The van der Waals surface area contributed by atoms with E-state index in [-0.39, 0.29) is 11.1 Å². The van der Waals surface area contributed by atoms with E-state index in [1.54, 1.807) is 0 Å². The lowest BCUT2D eigenvalue weighted by atomic mass is 10.1. The van der Waals surface area contributed by atoms with Crippen LogP contribution in [-0.4, -0.2) is 59.7 Å². The zero-order valence-corrected chi connectivity index (χ0v) is 14.5. The van der Waals surface area contributed by atoms with E-state index >= 15 is 0 Å². The molecule has 0 atom stereocenters. The topological polar surface area (TPSA) is 55.9 Å². The molecule has 0 radical (unpaired) electrons. The van der Waals surface area contributed by atoms with E-state index in [1.807, 2.05) is 40.1 Å². The highest BCUT2D eigenvalue weighted by Crippen LogP contribution is 2.15. The molecule has 6 nitrogen and oxygen atoms in total. The number of nitrogens with zero attached hydrogens (tertiary/aromatic N) is 6. The highest BCUT2D eigenvalue weighted by Gasteiger charge is 2.20. The Bertz CT molecular complexity index is 386. The summed E-state index contributed by atoms with van der Waals surface area (Å²) in [6, 6.07) is 0. The summed E-state index contributed by atoms with van der Waals surface area (Å²) in [5.74, 6) is 0. The maximum atomic E-state index is 4.52. The Morgan fingerprint density at radius 3 is 1.27 bits per heavy atom. The maximum Gasteiger partial charge on any atom is 0.113 e. The fourth-order valence-corrected chi connectivity index (χ4v) is 2.39. The van der Waals surface area contributed by atoms with Crippen molar-refractivity contribution in [3.05, 3.63) is 0 Å². The van der Waals surface area contributed by atoms with Crippen LogP contribution in [0.5, 0.6) is 0 Å². The molecule has 2 fully saturated rings. The molecule has 2 heterocycles. The van der Waals surface area contributed by atoms with E-state index in [4.69, 9.17) is 0 Å². The Kier molecular flexibility index (Phi) is 5.53. The Morgan fingerprint density at radius 1 is 0.636 bits per heavy atom. The predicted molar refractivity (Wildman–Crippen MR) is 91.6 cm³/mol. The van der Waals surface area contributed by atoms with E-state index in [2.05, 4.69) is 30.4 Å². The van der Waals surface area contributed by atoms with Crippen LogP contribution in [0.1, 0.15) is 53.4 Å². The molecule has 0 aromatic carbocycles. The second-order valence-electron chi connectivity index (χ2n) is 7.32. The normalized spacial score (nSPS) is 21.3. The first-order chi connectivity index (χ1) is 10.4. The van der Waals surface area contributed by atoms with Crippen molar-refractivity contribution in [2.24, 2.45) is 20.4 Å². The van der Waals surface area contributed by atoms with Gasteiger partial charge in [-0.1, -0.05) is 0 Å². The number of hydrazone groups is 2. The number of hydrogen-bond donors (Lipinski definition) is 0. The zero-order chi connectivity index (χ0) is 16.1. The highest BCUT2D eigenvalue weighted by molar-refractivity contribution is 5.70. The van der Waals surface area contributed by atoms with Crippen molar-refractivity contribution in [1.29, 1.82) is 0 Å². The summed E-state index contributed by atoms with van der Waals surface area (Å²) in [5, 5.41) is 22.2. The van der Waals surface area contributed by atoms with Gasteiger partial charge in [0.2, 0.25) is 0 Å². The maximum absolute atomic E-state index is 4.52. The molecular weight excluding hydrogens is 276 g/mol. The summed E-state index contributed by atoms with van der Waals surface area (Å²) >= 11 is 0. The van der Waals surface area contributed by atoms with Crippen LogP contribution >= 0.6 is 0 Å².